The molecule has 0 spiro atoms. The largest absolute Gasteiger partial charge is 0.481 e. The first-order valence-electron chi connectivity index (χ1n) is 4.41. The number of hydrogen-bond acceptors (Lipinski definition) is 4. The van der Waals surface area contributed by atoms with Crippen LogP contribution in [0.15, 0.2) is 12.3 Å². The smallest absolute Gasteiger partial charge is 0.215 e. The van der Waals surface area contributed by atoms with E-state index < -0.39 is 0 Å². The van der Waals surface area contributed by atoms with E-state index in [1.807, 2.05) is 6.07 Å². The van der Waals surface area contributed by atoms with E-state index in [0.717, 1.165) is 18.8 Å². The van der Waals surface area contributed by atoms with Crippen molar-refractivity contribution in [2.75, 3.05) is 25.1 Å². The third-order valence-corrected chi connectivity index (χ3v) is 2.56. The second-order valence-corrected chi connectivity index (χ2v) is 3.75. The van der Waals surface area contributed by atoms with E-state index in [1.165, 1.54) is 0 Å². The maximum atomic E-state index is 6.01. The molecule has 1 aromatic heterocycles. The van der Waals surface area contributed by atoms with Gasteiger partial charge >= 0.3 is 0 Å². The van der Waals surface area contributed by atoms with E-state index in [4.69, 9.17) is 22.1 Å². The van der Waals surface area contributed by atoms with Gasteiger partial charge in [0.15, 0.2) is 0 Å². The number of ether oxygens (including phenoxy) is 1. The predicted molar refractivity (Wildman–Crippen MR) is 56.0 cm³/mol. The minimum Gasteiger partial charge on any atom is -0.481 e. The summed E-state index contributed by atoms with van der Waals surface area (Å²) in [4.78, 5) is 6.11. The normalized spacial score (nSPS) is 16.6. The number of rotatable bonds is 2. The molecule has 1 aliphatic rings. The number of methoxy groups -OCH3 is 1. The summed E-state index contributed by atoms with van der Waals surface area (Å²) in [7, 11) is 1.59. The molecule has 2 rings (SSSR count). The van der Waals surface area contributed by atoms with Crippen LogP contribution in [0.25, 0.3) is 0 Å². The quantitative estimate of drug-likeness (QED) is 0.793. The van der Waals surface area contributed by atoms with Gasteiger partial charge in [-0.15, -0.1) is 0 Å². The molecule has 1 fully saturated rings. The summed E-state index contributed by atoms with van der Waals surface area (Å²) in [6.45, 7) is 1.68. The zero-order valence-electron chi connectivity index (χ0n) is 7.90. The molecule has 1 saturated heterocycles. The molecule has 5 heteroatoms. The Bertz CT molecular complexity index is 339. The molecule has 76 valence electrons. The topological polar surface area (TPSA) is 51.4 Å². The number of nitrogens with two attached hydrogens (primary N) is 1. The average molecular weight is 214 g/mol. The summed E-state index contributed by atoms with van der Waals surface area (Å²) in [5.41, 5.74) is 6.64. The lowest BCUT2D eigenvalue weighted by molar-refractivity contribution is 0.397. The standard InChI is InChI=1S/C9H12ClN3O/c1-14-9-2-8(7(10)3-12-9)13-4-6(11)5-13/h2-3,6H,4-5,11H2,1H3. The van der Waals surface area contributed by atoms with Gasteiger partial charge in [-0.2, -0.15) is 0 Å². The molecule has 4 nitrogen and oxygen atoms in total. The lowest BCUT2D eigenvalue weighted by Crippen LogP contribution is -2.56. The van der Waals surface area contributed by atoms with Crippen molar-refractivity contribution in [3.63, 3.8) is 0 Å². The second kappa shape index (κ2) is 3.63. The summed E-state index contributed by atoms with van der Waals surface area (Å²) in [6.07, 6.45) is 1.60. The van der Waals surface area contributed by atoms with E-state index in [9.17, 15) is 0 Å². The molecule has 1 aliphatic heterocycles. The summed E-state index contributed by atoms with van der Waals surface area (Å²) >= 11 is 6.01. The monoisotopic (exact) mass is 213 g/mol. The number of pyridine rings is 1. The third-order valence-electron chi connectivity index (χ3n) is 2.27. The maximum Gasteiger partial charge on any atom is 0.215 e. The van der Waals surface area contributed by atoms with Crippen molar-refractivity contribution in [3.8, 4) is 5.88 Å². The fourth-order valence-electron chi connectivity index (χ4n) is 1.47. The van der Waals surface area contributed by atoms with Crippen molar-refractivity contribution >= 4 is 17.3 Å². The molecule has 0 aliphatic carbocycles. The van der Waals surface area contributed by atoms with Crippen LogP contribution in [0.5, 0.6) is 5.88 Å². The second-order valence-electron chi connectivity index (χ2n) is 3.34. The van der Waals surface area contributed by atoms with Crippen molar-refractivity contribution < 1.29 is 4.74 Å². The van der Waals surface area contributed by atoms with Crippen molar-refractivity contribution in [1.29, 1.82) is 0 Å². The zero-order valence-corrected chi connectivity index (χ0v) is 8.66. The summed E-state index contributed by atoms with van der Waals surface area (Å²) in [5.74, 6) is 0.574. The highest BCUT2D eigenvalue weighted by Crippen LogP contribution is 2.30. The van der Waals surface area contributed by atoms with Crippen molar-refractivity contribution in [2.24, 2.45) is 5.73 Å². The molecule has 0 unspecified atom stereocenters. The molecule has 14 heavy (non-hydrogen) atoms. The number of anilines is 1. The Morgan fingerprint density at radius 1 is 1.64 bits per heavy atom. The molecular weight excluding hydrogens is 202 g/mol. The lowest BCUT2D eigenvalue weighted by atomic mass is 10.1. The fourth-order valence-corrected chi connectivity index (χ4v) is 1.70. The Morgan fingerprint density at radius 2 is 2.36 bits per heavy atom. The molecule has 0 radical (unpaired) electrons. The Kier molecular flexibility index (Phi) is 2.48. The van der Waals surface area contributed by atoms with Gasteiger partial charge in [0.25, 0.3) is 0 Å². The minimum atomic E-state index is 0.255. The molecule has 0 aromatic carbocycles. The SMILES string of the molecule is COc1cc(N2CC(N)C2)c(Cl)cn1. The van der Waals surface area contributed by atoms with Gasteiger partial charge in [0.05, 0.1) is 24.0 Å². The van der Waals surface area contributed by atoms with E-state index in [0.29, 0.717) is 10.9 Å². The first kappa shape index (κ1) is 9.55. The van der Waals surface area contributed by atoms with Gasteiger partial charge < -0.3 is 15.4 Å². The Balaban J connectivity index is 2.23. The highest BCUT2D eigenvalue weighted by atomic mass is 35.5. The number of halogens is 1. The molecule has 1 aromatic rings. The van der Waals surface area contributed by atoms with Crippen LogP contribution < -0.4 is 15.4 Å². The Labute approximate surface area is 87.6 Å². The van der Waals surface area contributed by atoms with E-state index in [-0.39, 0.29) is 6.04 Å². The minimum absolute atomic E-state index is 0.255. The van der Waals surface area contributed by atoms with Gasteiger partial charge in [0.2, 0.25) is 5.88 Å². The molecule has 0 bridgehead atoms. The molecule has 2 heterocycles. The van der Waals surface area contributed by atoms with Crippen molar-refractivity contribution in [3.05, 3.63) is 17.3 Å². The number of nitrogens with zero attached hydrogens (tertiary/aromatic N) is 2. The lowest BCUT2D eigenvalue weighted by Gasteiger charge is -2.39. The van der Waals surface area contributed by atoms with Gasteiger partial charge in [-0.25, -0.2) is 4.98 Å². The fraction of sp³-hybridized carbons (Fsp3) is 0.444. The maximum absolute atomic E-state index is 6.01. The van der Waals surface area contributed by atoms with E-state index >= 15 is 0 Å². The van der Waals surface area contributed by atoms with E-state index in [2.05, 4.69) is 9.88 Å². The first-order chi connectivity index (χ1) is 6.70. The highest BCUT2D eigenvalue weighted by molar-refractivity contribution is 6.33. The predicted octanol–water partition coefficient (Wildman–Crippen LogP) is 0.891. The molecule has 0 amide bonds. The van der Waals surface area contributed by atoms with Crippen LogP contribution in [-0.4, -0.2) is 31.2 Å². The van der Waals surface area contributed by atoms with Crippen LogP contribution in [0.4, 0.5) is 5.69 Å². The van der Waals surface area contributed by atoms with Crippen LogP contribution >= 0.6 is 11.6 Å². The van der Waals surface area contributed by atoms with Gasteiger partial charge in [0.1, 0.15) is 0 Å². The van der Waals surface area contributed by atoms with Gasteiger partial charge in [-0.05, 0) is 0 Å². The highest BCUT2D eigenvalue weighted by Gasteiger charge is 2.25. The third kappa shape index (κ3) is 1.63. The van der Waals surface area contributed by atoms with E-state index in [1.54, 1.807) is 13.3 Å². The zero-order chi connectivity index (χ0) is 10.1. The number of hydrogen-bond donors (Lipinski definition) is 1. The van der Waals surface area contributed by atoms with Crippen LogP contribution in [0, 0.1) is 0 Å². The van der Waals surface area contributed by atoms with Crippen molar-refractivity contribution in [1.82, 2.24) is 4.98 Å². The van der Waals surface area contributed by atoms with Gasteiger partial charge in [-0.1, -0.05) is 11.6 Å². The van der Waals surface area contributed by atoms with Crippen LogP contribution in [-0.2, 0) is 0 Å². The van der Waals surface area contributed by atoms with Crippen LogP contribution in [0.3, 0.4) is 0 Å². The molecule has 2 N–H and O–H groups in total. The van der Waals surface area contributed by atoms with Crippen LogP contribution in [0.2, 0.25) is 5.02 Å². The summed E-state index contributed by atoms with van der Waals surface area (Å²) in [5, 5.41) is 0.637. The number of aromatic nitrogens is 1. The Morgan fingerprint density at radius 3 is 2.93 bits per heavy atom. The Hall–Kier alpha value is -1.00. The van der Waals surface area contributed by atoms with Gasteiger partial charge in [-0.3, -0.25) is 0 Å². The summed E-state index contributed by atoms with van der Waals surface area (Å²) in [6, 6.07) is 2.08. The van der Waals surface area contributed by atoms with Crippen LogP contribution in [0.1, 0.15) is 0 Å². The first-order valence-corrected chi connectivity index (χ1v) is 4.78. The summed E-state index contributed by atoms with van der Waals surface area (Å²) < 4.78 is 5.03. The van der Waals surface area contributed by atoms with Crippen molar-refractivity contribution in [2.45, 2.75) is 6.04 Å². The molecular formula is C9H12ClN3O. The molecule has 0 atom stereocenters. The molecule has 0 saturated carbocycles. The van der Waals surface area contributed by atoms with Gasteiger partial charge in [0, 0.05) is 25.2 Å². The average Bonchev–Trinajstić information content (AvgIpc) is 2.14.